The maximum atomic E-state index is 13.6. The molecule has 3 aromatic rings. The number of benzene rings is 1. The average molecular weight is 445 g/mol. The maximum absolute atomic E-state index is 13.6. The summed E-state index contributed by atoms with van der Waals surface area (Å²) in [6.45, 7) is 5.08. The summed E-state index contributed by atoms with van der Waals surface area (Å²) < 4.78 is 12.4. The Hall–Kier alpha value is -2.16. The highest BCUT2D eigenvalue weighted by Gasteiger charge is 2.31. The predicted molar refractivity (Wildman–Crippen MR) is 119 cm³/mol. The van der Waals surface area contributed by atoms with Gasteiger partial charge in [0.2, 0.25) is 0 Å². The topological polar surface area (TPSA) is 70.4 Å². The molecule has 1 aromatic carbocycles. The van der Waals surface area contributed by atoms with Crippen molar-refractivity contribution in [2.24, 2.45) is 0 Å². The van der Waals surface area contributed by atoms with Crippen LogP contribution in [-0.4, -0.2) is 34.0 Å². The van der Waals surface area contributed by atoms with Crippen molar-refractivity contribution in [2.75, 3.05) is 12.9 Å². The monoisotopic (exact) mass is 444 g/mol. The third kappa shape index (κ3) is 4.31. The van der Waals surface area contributed by atoms with Crippen LogP contribution >= 0.6 is 23.1 Å². The Labute approximate surface area is 183 Å². The highest BCUT2D eigenvalue weighted by Crippen LogP contribution is 2.37. The third-order valence-corrected chi connectivity index (χ3v) is 7.22. The second-order valence-electron chi connectivity index (χ2n) is 7.86. The van der Waals surface area contributed by atoms with Crippen molar-refractivity contribution in [1.82, 2.24) is 9.55 Å². The highest BCUT2D eigenvalue weighted by molar-refractivity contribution is 7.99. The number of thiophene rings is 1. The van der Waals surface area contributed by atoms with Gasteiger partial charge >= 0.3 is 5.97 Å². The summed E-state index contributed by atoms with van der Waals surface area (Å²) in [6.07, 6.45) is 1.40. The molecule has 3 heterocycles. The summed E-state index contributed by atoms with van der Waals surface area (Å²) in [7, 11) is 1.36. The summed E-state index contributed by atoms with van der Waals surface area (Å²) in [5.41, 5.74) is 1.86. The Morgan fingerprint density at radius 1 is 1.33 bits per heavy atom. The number of fused-ring (bicyclic) bond motifs is 3. The molecule has 0 saturated carbocycles. The minimum absolute atomic E-state index is 0.0431. The summed E-state index contributed by atoms with van der Waals surface area (Å²) >= 11 is 2.76. The summed E-state index contributed by atoms with van der Waals surface area (Å²) in [5, 5.41) is 1.24. The first-order valence-electron chi connectivity index (χ1n) is 9.80. The van der Waals surface area contributed by atoms with E-state index in [1.54, 1.807) is 4.57 Å². The van der Waals surface area contributed by atoms with Gasteiger partial charge in [-0.25, -0.2) is 4.98 Å². The fourth-order valence-electron chi connectivity index (χ4n) is 3.58. The van der Waals surface area contributed by atoms with Crippen LogP contribution in [0.25, 0.3) is 10.2 Å². The first-order chi connectivity index (χ1) is 14.4. The van der Waals surface area contributed by atoms with Crippen molar-refractivity contribution >= 4 is 39.3 Å². The van der Waals surface area contributed by atoms with Gasteiger partial charge in [-0.1, -0.05) is 42.1 Å². The van der Waals surface area contributed by atoms with Gasteiger partial charge in [0.25, 0.3) is 5.56 Å². The van der Waals surface area contributed by atoms with Crippen molar-refractivity contribution in [1.29, 1.82) is 0 Å². The van der Waals surface area contributed by atoms with E-state index in [0.717, 1.165) is 20.8 Å². The fourth-order valence-corrected chi connectivity index (χ4v) is 5.58. The highest BCUT2D eigenvalue weighted by atomic mass is 32.2. The molecule has 0 radical (unpaired) electrons. The number of rotatable bonds is 6. The van der Waals surface area contributed by atoms with E-state index < -0.39 is 0 Å². The number of aromatic nitrogens is 2. The van der Waals surface area contributed by atoms with Gasteiger partial charge in [-0.15, -0.1) is 11.3 Å². The van der Waals surface area contributed by atoms with Gasteiger partial charge in [0.1, 0.15) is 4.83 Å². The zero-order valence-electron chi connectivity index (χ0n) is 17.3. The van der Waals surface area contributed by atoms with Crippen LogP contribution in [0, 0.1) is 0 Å². The van der Waals surface area contributed by atoms with Crippen LogP contribution in [0.4, 0.5) is 0 Å². The molecule has 2 aromatic heterocycles. The van der Waals surface area contributed by atoms with Crippen LogP contribution in [0.1, 0.15) is 29.9 Å². The molecule has 0 saturated heterocycles. The number of carbonyl (C=O) groups is 1. The SMILES string of the molecule is COC(=O)CSc1nc2sc3c(c2c(=O)n1CCc1ccccc1)CC(C)(C)OC3. The lowest BCUT2D eigenvalue weighted by molar-refractivity contribution is -0.137. The van der Waals surface area contributed by atoms with Gasteiger partial charge in [-0.3, -0.25) is 14.2 Å². The molecule has 0 bridgehead atoms. The Balaban J connectivity index is 1.77. The Kier molecular flexibility index (Phi) is 5.99. The number of ether oxygens (including phenoxy) is 2. The fraction of sp³-hybridized carbons (Fsp3) is 0.409. The Morgan fingerprint density at radius 2 is 2.10 bits per heavy atom. The van der Waals surface area contributed by atoms with E-state index >= 15 is 0 Å². The van der Waals surface area contributed by atoms with Crippen molar-refractivity contribution in [2.45, 2.75) is 50.6 Å². The molecular weight excluding hydrogens is 420 g/mol. The Morgan fingerprint density at radius 3 is 2.83 bits per heavy atom. The van der Waals surface area contributed by atoms with E-state index in [1.807, 2.05) is 44.2 Å². The number of carbonyl (C=O) groups excluding carboxylic acids is 1. The van der Waals surface area contributed by atoms with E-state index in [0.29, 0.717) is 36.5 Å². The number of aryl methyl sites for hydroxylation is 1. The van der Waals surface area contributed by atoms with Crippen LogP contribution in [0.5, 0.6) is 0 Å². The molecule has 30 heavy (non-hydrogen) atoms. The first-order valence-corrected chi connectivity index (χ1v) is 11.6. The minimum atomic E-state index is -0.343. The Bertz CT molecular complexity index is 1140. The van der Waals surface area contributed by atoms with Crippen LogP contribution in [0.3, 0.4) is 0 Å². The van der Waals surface area contributed by atoms with E-state index in [9.17, 15) is 9.59 Å². The number of hydrogen-bond acceptors (Lipinski definition) is 7. The predicted octanol–water partition coefficient (Wildman–Crippen LogP) is 3.82. The molecule has 8 heteroatoms. The molecular formula is C22H24N2O4S2. The molecule has 0 amide bonds. The van der Waals surface area contributed by atoms with Crippen molar-refractivity contribution in [3.63, 3.8) is 0 Å². The molecule has 0 fully saturated rings. The number of esters is 1. The van der Waals surface area contributed by atoms with Crippen LogP contribution in [0.15, 0.2) is 40.3 Å². The lowest BCUT2D eigenvalue weighted by Crippen LogP contribution is -2.32. The van der Waals surface area contributed by atoms with Gasteiger partial charge in [0, 0.05) is 17.8 Å². The lowest BCUT2D eigenvalue weighted by Gasteiger charge is -2.29. The van der Waals surface area contributed by atoms with Crippen LogP contribution in [0.2, 0.25) is 0 Å². The van der Waals surface area contributed by atoms with Gasteiger partial charge in [0.15, 0.2) is 5.16 Å². The molecule has 0 N–H and O–H groups in total. The number of methoxy groups -OCH3 is 1. The molecule has 0 spiro atoms. The average Bonchev–Trinajstić information content (AvgIpc) is 3.08. The van der Waals surface area contributed by atoms with E-state index in [1.165, 1.54) is 30.2 Å². The van der Waals surface area contributed by atoms with Gasteiger partial charge in [-0.2, -0.15) is 0 Å². The quantitative estimate of drug-likeness (QED) is 0.327. The first kappa shape index (κ1) is 21.1. The summed E-state index contributed by atoms with van der Waals surface area (Å²) in [6, 6.07) is 10.0. The second-order valence-corrected chi connectivity index (χ2v) is 9.89. The maximum Gasteiger partial charge on any atom is 0.316 e. The largest absolute Gasteiger partial charge is 0.468 e. The van der Waals surface area contributed by atoms with Crippen molar-refractivity contribution in [3.05, 3.63) is 56.7 Å². The van der Waals surface area contributed by atoms with Crippen LogP contribution < -0.4 is 5.56 Å². The van der Waals surface area contributed by atoms with Crippen LogP contribution in [-0.2, 0) is 40.3 Å². The molecule has 0 atom stereocenters. The molecule has 1 aliphatic heterocycles. The molecule has 0 aliphatic carbocycles. The number of hydrogen-bond donors (Lipinski definition) is 0. The molecule has 0 unspecified atom stereocenters. The number of thioether (sulfide) groups is 1. The van der Waals surface area contributed by atoms with Crippen molar-refractivity contribution in [3.8, 4) is 0 Å². The minimum Gasteiger partial charge on any atom is -0.468 e. The van der Waals surface area contributed by atoms with E-state index in [2.05, 4.69) is 0 Å². The zero-order chi connectivity index (χ0) is 21.3. The standard InChI is InChI=1S/C22H24N2O4S2/c1-22(2)11-15-16(12-28-22)30-19-18(15)20(26)24(10-9-14-7-5-4-6-8-14)21(23-19)29-13-17(25)27-3/h4-8H,9-13H2,1-3H3. The van der Waals surface area contributed by atoms with E-state index in [-0.39, 0.29) is 22.9 Å². The smallest absolute Gasteiger partial charge is 0.316 e. The van der Waals surface area contributed by atoms with Gasteiger partial charge < -0.3 is 9.47 Å². The summed E-state index contributed by atoms with van der Waals surface area (Å²) in [4.78, 5) is 31.8. The lowest BCUT2D eigenvalue weighted by atomic mass is 9.94. The molecule has 1 aliphatic rings. The third-order valence-electron chi connectivity index (χ3n) is 5.17. The van der Waals surface area contributed by atoms with Gasteiger partial charge in [-0.05, 0) is 31.4 Å². The number of nitrogens with zero attached hydrogens (tertiary/aromatic N) is 2. The second kappa shape index (κ2) is 8.53. The zero-order valence-corrected chi connectivity index (χ0v) is 18.9. The normalized spacial score (nSPS) is 15.2. The molecule has 4 rings (SSSR count). The molecule has 158 valence electrons. The van der Waals surface area contributed by atoms with E-state index in [4.69, 9.17) is 14.5 Å². The van der Waals surface area contributed by atoms with Gasteiger partial charge in [0.05, 0.1) is 30.5 Å². The summed E-state index contributed by atoms with van der Waals surface area (Å²) in [5.74, 6) is -0.231. The van der Waals surface area contributed by atoms with Crippen molar-refractivity contribution < 1.29 is 14.3 Å². The molecule has 6 nitrogen and oxygen atoms in total.